The van der Waals surface area contributed by atoms with Gasteiger partial charge in [0.05, 0.1) is 33.4 Å². The maximum atomic E-state index is 5.61. The predicted octanol–water partition coefficient (Wildman–Crippen LogP) is 2.74. The van der Waals surface area contributed by atoms with E-state index in [9.17, 15) is 0 Å². The van der Waals surface area contributed by atoms with Gasteiger partial charge in [0.1, 0.15) is 0 Å². The molecule has 1 aromatic heterocycles. The number of hydrogen-bond donors (Lipinski definition) is 1. The minimum absolute atomic E-state index is 0.116. The van der Waals surface area contributed by atoms with Gasteiger partial charge in [0.2, 0.25) is 5.82 Å². The van der Waals surface area contributed by atoms with Crippen LogP contribution in [0.3, 0.4) is 0 Å². The van der Waals surface area contributed by atoms with Crippen molar-refractivity contribution in [1.82, 2.24) is 20.2 Å². The van der Waals surface area contributed by atoms with Gasteiger partial charge in [0.15, 0.2) is 17.5 Å². The van der Waals surface area contributed by atoms with E-state index < -0.39 is 0 Å². The van der Waals surface area contributed by atoms with Crippen LogP contribution in [0, 0.1) is 0 Å². The van der Waals surface area contributed by atoms with E-state index in [2.05, 4.69) is 32.3 Å². The van der Waals surface area contributed by atoms with Gasteiger partial charge in [0, 0.05) is 5.56 Å². The zero-order valence-corrected chi connectivity index (χ0v) is 17.8. The summed E-state index contributed by atoms with van der Waals surface area (Å²) in [6, 6.07) is 6.81. The zero-order valence-electron chi connectivity index (χ0n) is 17.8. The summed E-state index contributed by atoms with van der Waals surface area (Å²) < 4.78 is 13.2. The molecular formula is C22H34N5O2+. The van der Waals surface area contributed by atoms with Gasteiger partial charge in [-0.3, -0.25) is 0 Å². The van der Waals surface area contributed by atoms with Crippen molar-refractivity contribution in [2.45, 2.75) is 69.9 Å². The molecule has 4 rings (SSSR count). The van der Waals surface area contributed by atoms with Gasteiger partial charge in [0.25, 0.3) is 0 Å². The van der Waals surface area contributed by atoms with Crippen molar-refractivity contribution in [2.75, 3.05) is 27.3 Å². The fourth-order valence-corrected chi connectivity index (χ4v) is 5.05. The molecule has 0 amide bonds. The molecule has 1 N–H and O–H groups in total. The minimum atomic E-state index is 0.116. The molecule has 1 aliphatic heterocycles. The Morgan fingerprint density at radius 2 is 1.62 bits per heavy atom. The highest BCUT2D eigenvalue weighted by atomic mass is 16.5. The fraction of sp³-hybridized carbons (Fsp3) is 0.682. The Labute approximate surface area is 173 Å². The number of ether oxygens (including phenoxy) is 2. The van der Waals surface area contributed by atoms with E-state index in [1.165, 1.54) is 63.4 Å². The van der Waals surface area contributed by atoms with Crippen molar-refractivity contribution in [2.24, 2.45) is 0 Å². The van der Waals surface area contributed by atoms with E-state index in [0.717, 1.165) is 30.4 Å². The molecule has 2 aromatic rings. The average Bonchev–Trinajstić information content (AvgIpc) is 3.09. The van der Waals surface area contributed by atoms with Crippen molar-refractivity contribution in [1.29, 1.82) is 0 Å². The Kier molecular flexibility index (Phi) is 6.64. The van der Waals surface area contributed by atoms with Gasteiger partial charge < -0.3 is 14.4 Å². The molecule has 0 radical (unpaired) electrons. The van der Waals surface area contributed by atoms with E-state index in [1.54, 1.807) is 19.1 Å². The number of nitrogens with zero attached hydrogens (tertiary/aromatic N) is 4. The van der Waals surface area contributed by atoms with Gasteiger partial charge in [-0.05, 0) is 67.2 Å². The molecule has 7 nitrogen and oxygen atoms in total. The average molecular weight is 401 g/mol. The highest BCUT2D eigenvalue weighted by Crippen LogP contribution is 2.33. The third-order valence-electron chi connectivity index (χ3n) is 6.59. The molecule has 1 saturated carbocycles. The molecule has 0 unspecified atom stereocenters. The number of likely N-dealkylation sites (tertiary alicyclic amines) is 1. The molecule has 158 valence electrons. The number of nitrogens with one attached hydrogen (secondary N) is 1. The summed E-state index contributed by atoms with van der Waals surface area (Å²) in [6.45, 7) is 2.30. The van der Waals surface area contributed by atoms with Crippen molar-refractivity contribution in [3.05, 3.63) is 29.6 Å². The standard InChI is InChI=1S/C22H33N5O2/c1-28-19-13-12-17(16-20(19)29-2)21(26-14-8-3-4-9-15-26)22-23-24-25-27(22)18-10-6-5-7-11-18/h12-13,16,18,21H,3-11,14-15H2,1-2H3/p+1/t21-/m1/s1. The number of benzene rings is 1. The Balaban J connectivity index is 1.74. The van der Waals surface area contributed by atoms with Gasteiger partial charge in [-0.25, -0.2) is 4.68 Å². The predicted molar refractivity (Wildman–Crippen MR) is 110 cm³/mol. The summed E-state index contributed by atoms with van der Waals surface area (Å²) in [5.41, 5.74) is 1.20. The van der Waals surface area contributed by atoms with Crippen molar-refractivity contribution in [3.8, 4) is 11.5 Å². The van der Waals surface area contributed by atoms with Crippen LogP contribution in [-0.4, -0.2) is 47.5 Å². The van der Waals surface area contributed by atoms with Crippen LogP contribution in [0.5, 0.6) is 11.5 Å². The first kappa shape index (κ1) is 20.1. The maximum absolute atomic E-state index is 5.61. The van der Waals surface area contributed by atoms with Crippen molar-refractivity contribution < 1.29 is 14.4 Å². The van der Waals surface area contributed by atoms with Gasteiger partial charge in [-0.2, -0.15) is 0 Å². The highest BCUT2D eigenvalue weighted by Gasteiger charge is 2.34. The van der Waals surface area contributed by atoms with Crippen molar-refractivity contribution >= 4 is 0 Å². The van der Waals surface area contributed by atoms with Crippen LogP contribution in [0.1, 0.15) is 81.3 Å². The lowest BCUT2D eigenvalue weighted by molar-refractivity contribution is -0.925. The van der Waals surface area contributed by atoms with E-state index >= 15 is 0 Å². The van der Waals surface area contributed by atoms with E-state index in [4.69, 9.17) is 9.47 Å². The molecule has 1 aliphatic carbocycles. The first-order chi connectivity index (χ1) is 14.3. The first-order valence-corrected chi connectivity index (χ1v) is 11.2. The zero-order chi connectivity index (χ0) is 20.1. The summed E-state index contributed by atoms with van der Waals surface area (Å²) in [6.07, 6.45) is 11.3. The summed E-state index contributed by atoms with van der Waals surface area (Å²) in [5, 5.41) is 13.2. The van der Waals surface area contributed by atoms with Gasteiger partial charge in [-0.15, -0.1) is 5.10 Å². The number of rotatable bonds is 6. The minimum Gasteiger partial charge on any atom is -0.493 e. The Hall–Kier alpha value is -2.15. The van der Waals surface area contributed by atoms with Crippen LogP contribution in [-0.2, 0) is 0 Å². The summed E-state index contributed by atoms with van der Waals surface area (Å²) in [4.78, 5) is 1.56. The molecule has 2 heterocycles. The summed E-state index contributed by atoms with van der Waals surface area (Å²) in [5.74, 6) is 2.52. The lowest BCUT2D eigenvalue weighted by atomic mass is 9.95. The SMILES string of the molecule is COc1ccc([C@H](c2nnnn2C2CCCCC2)[NH+]2CCCCCC2)cc1OC. The smallest absolute Gasteiger partial charge is 0.214 e. The fourth-order valence-electron chi connectivity index (χ4n) is 5.05. The third kappa shape index (κ3) is 4.39. The largest absolute Gasteiger partial charge is 0.493 e. The number of methoxy groups -OCH3 is 2. The van der Waals surface area contributed by atoms with Crippen LogP contribution in [0.2, 0.25) is 0 Å². The normalized spacial score (nSPS) is 20.2. The lowest BCUT2D eigenvalue weighted by Crippen LogP contribution is -3.12. The third-order valence-corrected chi connectivity index (χ3v) is 6.59. The Morgan fingerprint density at radius 3 is 2.31 bits per heavy atom. The number of hydrogen-bond acceptors (Lipinski definition) is 5. The molecule has 1 aromatic carbocycles. The molecule has 2 fully saturated rings. The summed E-state index contributed by atoms with van der Waals surface area (Å²) >= 11 is 0. The molecule has 7 heteroatoms. The van der Waals surface area contributed by atoms with Crippen molar-refractivity contribution in [3.63, 3.8) is 0 Å². The molecule has 0 spiro atoms. The van der Waals surface area contributed by atoms with E-state index in [1.807, 2.05) is 6.07 Å². The quantitative estimate of drug-likeness (QED) is 0.808. The van der Waals surface area contributed by atoms with E-state index in [0.29, 0.717) is 6.04 Å². The summed E-state index contributed by atoms with van der Waals surface area (Å²) in [7, 11) is 3.38. The van der Waals surface area contributed by atoms with Crippen LogP contribution in [0.25, 0.3) is 0 Å². The molecule has 0 bridgehead atoms. The van der Waals surface area contributed by atoms with Crippen LogP contribution < -0.4 is 14.4 Å². The highest BCUT2D eigenvalue weighted by molar-refractivity contribution is 5.44. The second-order valence-corrected chi connectivity index (χ2v) is 8.39. The van der Waals surface area contributed by atoms with Crippen LogP contribution in [0.4, 0.5) is 0 Å². The molecule has 2 aliphatic rings. The van der Waals surface area contributed by atoms with Gasteiger partial charge >= 0.3 is 0 Å². The number of tetrazole rings is 1. The maximum Gasteiger partial charge on any atom is 0.214 e. The van der Waals surface area contributed by atoms with Gasteiger partial charge in [-0.1, -0.05) is 19.3 Å². The molecular weight excluding hydrogens is 366 g/mol. The lowest BCUT2D eigenvalue weighted by Gasteiger charge is -2.30. The molecule has 1 atom stereocenters. The number of quaternary nitrogens is 1. The second kappa shape index (κ2) is 9.57. The van der Waals surface area contributed by atoms with E-state index in [-0.39, 0.29) is 6.04 Å². The second-order valence-electron chi connectivity index (χ2n) is 8.39. The first-order valence-electron chi connectivity index (χ1n) is 11.2. The number of aromatic nitrogens is 4. The van der Waals surface area contributed by atoms with Crippen LogP contribution in [0.15, 0.2) is 18.2 Å². The Bertz CT molecular complexity index is 779. The molecule has 1 saturated heterocycles. The topological polar surface area (TPSA) is 66.5 Å². The monoisotopic (exact) mass is 400 g/mol. The molecule has 29 heavy (non-hydrogen) atoms. The van der Waals surface area contributed by atoms with Crippen LogP contribution >= 0.6 is 0 Å². The Morgan fingerprint density at radius 1 is 0.931 bits per heavy atom.